The van der Waals surface area contributed by atoms with Crippen LogP contribution >= 0.6 is 0 Å². The third kappa shape index (κ3) is 5.02. The van der Waals surface area contributed by atoms with Crippen LogP contribution in [0.2, 0.25) is 0 Å². The van der Waals surface area contributed by atoms with Crippen LogP contribution in [0.5, 0.6) is 11.5 Å². The number of ether oxygens (including phenoxy) is 2. The lowest BCUT2D eigenvalue weighted by atomic mass is 9.94. The highest BCUT2D eigenvalue weighted by molar-refractivity contribution is 6.46. The minimum absolute atomic E-state index is 0.0568. The third-order valence-corrected chi connectivity index (χ3v) is 6.80. The molecule has 0 unspecified atom stereocenters. The second kappa shape index (κ2) is 11.0. The number of benzene rings is 2. The molecule has 2 atom stereocenters. The summed E-state index contributed by atoms with van der Waals surface area (Å²) in [6.45, 7) is 12.8. The fraction of sp³-hybridized carbons (Fsp3) is 0.379. The molecule has 1 amide bonds. The van der Waals surface area contributed by atoms with E-state index >= 15 is 0 Å². The maximum absolute atomic E-state index is 13.3. The lowest BCUT2D eigenvalue weighted by Crippen LogP contribution is -2.38. The monoisotopic (exact) mass is 490 g/mol. The summed E-state index contributed by atoms with van der Waals surface area (Å²) < 4.78 is 11.5. The van der Waals surface area contributed by atoms with Gasteiger partial charge in [-0.05, 0) is 61.5 Å². The van der Waals surface area contributed by atoms with Crippen LogP contribution in [0, 0.1) is 0 Å². The van der Waals surface area contributed by atoms with Crippen molar-refractivity contribution in [3.8, 4) is 11.5 Å². The van der Waals surface area contributed by atoms with E-state index in [2.05, 4.69) is 25.3 Å². The molecule has 0 bridgehead atoms. The van der Waals surface area contributed by atoms with Crippen LogP contribution in [-0.2, 0) is 16.0 Å². The smallest absolute Gasteiger partial charge is 0.295 e. The number of rotatable bonds is 10. The molecule has 7 heteroatoms. The Bertz CT molecular complexity index is 1180. The van der Waals surface area contributed by atoms with Crippen molar-refractivity contribution in [3.63, 3.8) is 0 Å². The fourth-order valence-electron chi connectivity index (χ4n) is 4.90. The standard InChI is InChI=1S/C29H34N2O5/c1-5-15-35-23-10-8-9-20(18-23)26-25(28(33)29(34)31(26)14-13-30(6-2)7-3)27(32)21-11-12-24-22(17-21)16-19(4)36-24/h5,8-12,17-19,26,32H,1,6-7,13-16H2,2-4H3/b27-25+/t19-,26+/m1/s1. The highest BCUT2D eigenvalue weighted by atomic mass is 16.5. The van der Waals surface area contributed by atoms with Crippen molar-refractivity contribution in [1.29, 1.82) is 0 Å². The number of likely N-dealkylation sites (tertiary alicyclic amines) is 1. The summed E-state index contributed by atoms with van der Waals surface area (Å²) in [7, 11) is 0. The molecule has 4 rings (SSSR count). The molecular weight excluding hydrogens is 456 g/mol. The highest BCUT2D eigenvalue weighted by Crippen LogP contribution is 2.41. The number of hydrogen-bond donors (Lipinski definition) is 1. The Kier molecular flexibility index (Phi) is 7.79. The molecule has 0 radical (unpaired) electrons. The van der Waals surface area contributed by atoms with Gasteiger partial charge in [-0.1, -0.05) is 38.6 Å². The number of likely N-dealkylation sites (N-methyl/N-ethyl adjacent to an activating group) is 1. The van der Waals surface area contributed by atoms with Gasteiger partial charge in [-0.3, -0.25) is 9.59 Å². The van der Waals surface area contributed by atoms with Crippen molar-refractivity contribution in [2.45, 2.75) is 39.3 Å². The molecule has 2 aromatic rings. The number of Topliss-reactive ketones (excluding diaryl/α,β-unsaturated/α-hetero) is 1. The molecule has 36 heavy (non-hydrogen) atoms. The normalized spacial score (nSPS) is 20.5. The number of aliphatic hydroxyl groups excluding tert-OH is 1. The van der Waals surface area contributed by atoms with E-state index in [1.807, 2.05) is 43.3 Å². The topological polar surface area (TPSA) is 79.3 Å². The quantitative estimate of drug-likeness (QED) is 0.231. The first kappa shape index (κ1) is 25.5. The fourth-order valence-corrected chi connectivity index (χ4v) is 4.90. The van der Waals surface area contributed by atoms with Crippen LogP contribution in [0.15, 0.2) is 60.7 Å². The SMILES string of the molecule is C=CCOc1cccc([C@H]2/C(=C(\O)c3ccc4c(c3)C[C@@H](C)O4)C(=O)C(=O)N2CCN(CC)CC)c1. The van der Waals surface area contributed by atoms with Gasteiger partial charge in [0.1, 0.15) is 30.0 Å². The summed E-state index contributed by atoms with van der Waals surface area (Å²) in [5, 5.41) is 11.4. The van der Waals surface area contributed by atoms with Gasteiger partial charge in [0.25, 0.3) is 11.7 Å². The van der Waals surface area contributed by atoms with Crippen molar-refractivity contribution in [1.82, 2.24) is 9.80 Å². The van der Waals surface area contributed by atoms with Gasteiger partial charge in [0.05, 0.1) is 11.6 Å². The first-order valence-corrected chi connectivity index (χ1v) is 12.5. The molecule has 0 aromatic heterocycles. The number of hydrogen-bond acceptors (Lipinski definition) is 6. The van der Waals surface area contributed by atoms with Gasteiger partial charge in [0.2, 0.25) is 0 Å². The van der Waals surface area contributed by atoms with Gasteiger partial charge in [-0.15, -0.1) is 0 Å². The molecule has 7 nitrogen and oxygen atoms in total. The van der Waals surface area contributed by atoms with Crippen LogP contribution in [0.1, 0.15) is 43.5 Å². The van der Waals surface area contributed by atoms with Crippen molar-refractivity contribution >= 4 is 17.4 Å². The summed E-state index contributed by atoms with van der Waals surface area (Å²) >= 11 is 0. The third-order valence-electron chi connectivity index (χ3n) is 6.80. The van der Waals surface area contributed by atoms with E-state index < -0.39 is 17.7 Å². The van der Waals surface area contributed by atoms with Gasteiger partial charge < -0.3 is 24.4 Å². The number of carbonyl (C=O) groups excluding carboxylic acids is 2. The second-order valence-corrected chi connectivity index (χ2v) is 9.15. The zero-order valence-corrected chi connectivity index (χ0v) is 21.2. The van der Waals surface area contributed by atoms with Gasteiger partial charge >= 0.3 is 0 Å². The van der Waals surface area contributed by atoms with Crippen molar-refractivity contribution in [2.24, 2.45) is 0 Å². The minimum Gasteiger partial charge on any atom is -0.507 e. The van der Waals surface area contributed by atoms with E-state index in [1.54, 1.807) is 17.0 Å². The molecule has 2 aliphatic rings. The summed E-state index contributed by atoms with van der Waals surface area (Å²) in [6.07, 6.45) is 2.43. The predicted molar refractivity (Wildman–Crippen MR) is 139 cm³/mol. The predicted octanol–water partition coefficient (Wildman–Crippen LogP) is 4.34. The number of ketones is 1. The Balaban J connectivity index is 1.78. The Morgan fingerprint density at radius 2 is 2.00 bits per heavy atom. The molecule has 0 saturated carbocycles. The summed E-state index contributed by atoms with van der Waals surface area (Å²) in [5.74, 6) is -0.0833. The zero-order chi connectivity index (χ0) is 25.8. The Labute approximate surface area is 212 Å². The maximum Gasteiger partial charge on any atom is 0.295 e. The molecule has 1 saturated heterocycles. The van der Waals surface area contributed by atoms with Crippen molar-refractivity contribution in [2.75, 3.05) is 32.8 Å². The molecule has 1 fully saturated rings. The van der Waals surface area contributed by atoms with E-state index in [4.69, 9.17) is 9.47 Å². The number of amides is 1. The largest absolute Gasteiger partial charge is 0.507 e. The lowest BCUT2D eigenvalue weighted by molar-refractivity contribution is -0.140. The molecule has 190 valence electrons. The van der Waals surface area contributed by atoms with Crippen molar-refractivity contribution < 1.29 is 24.2 Å². The van der Waals surface area contributed by atoms with Crippen LogP contribution < -0.4 is 9.47 Å². The van der Waals surface area contributed by atoms with Crippen LogP contribution in [0.4, 0.5) is 0 Å². The molecule has 2 aromatic carbocycles. The first-order valence-electron chi connectivity index (χ1n) is 12.5. The van der Waals surface area contributed by atoms with Gasteiger partial charge in [-0.25, -0.2) is 0 Å². The Morgan fingerprint density at radius 1 is 1.22 bits per heavy atom. The molecule has 0 aliphatic carbocycles. The molecule has 2 heterocycles. The average Bonchev–Trinajstić information content (AvgIpc) is 3.38. The van der Waals surface area contributed by atoms with E-state index in [0.29, 0.717) is 36.6 Å². The Morgan fingerprint density at radius 3 is 2.72 bits per heavy atom. The van der Waals surface area contributed by atoms with Gasteiger partial charge in [0, 0.05) is 25.1 Å². The van der Waals surface area contributed by atoms with Gasteiger partial charge in [0.15, 0.2) is 0 Å². The molecule has 1 N–H and O–H groups in total. The zero-order valence-electron chi connectivity index (χ0n) is 21.2. The number of aliphatic hydroxyl groups is 1. The minimum atomic E-state index is -0.726. The molecular formula is C29H34N2O5. The van der Waals surface area contributed by atoms with E-state index in [1.165, 1.54) is 0 Å². The lowest BCUT2D eigenvalue weighted by Gasteiger charge is -2.28. The molecule has 2 aliphatic heterocycles. The first-order chi connectivity index (χ1) is 17.4. The summed E-state index contributed by atoms with van der Waals surface area (Å²) in [5.41, 5.74) is 2.26. The van der Waals surface area contributed by atoms with Crippen LogP contribution in [0.3, 0.4) is 0 Å². The van der Waals surface area contributed by atoms with E-state index in [9.17, 15) is 14.7 Å². The molecule has 0 spiro atoms. The second-order valence-electron chi connectivity index (χ2n) is 9.15. The van der Waals surface area contributed by atoms with E-state index in [0.717, 1.165) is 30.8 Å². The number of fused-ring (bicyclic) bond motifs is 1. The van der Waals surface area contributed by atoms with Crippen LogP contribution in [0.25, 0.3) is 5.76 Å². The number of carbonyl (C=O) groups is 2. The van der Waals surface area contributed by atoms with Gasteiger partial charge in [-0.2, -0.15) is 0 Å². The average molecular weight is 491 g/mol. The van der Waals surface area contributed by atoms with Crippen LogP contribution in [-0.4, -0.2) is 65.5 Å². The number of nitrogens with zero attached hydrogens (tertiary/aromatic N) is 2. The highest BCUT2D eigenvalue weighted by Gasteiger charge is 2.46. The summed E-state index contributed by atoms with van der Waals surface area (Å²) in [6, 6.07) is 12.0. The van der Waals surface area contributed by atoms with Crippen molar-refractivity contribution in [3.05, 3.63) is 77.4 Å². The maximum atomic E-state index is 13.3. The summed E-state index contributed by atoms with van der Waals surface area (Å²) in [4.78, 5) is 30.4. The van der Waals surface area contributed by atoms with E-state index in [-0.39, 0.29) is 17.4 Å². The Hall–Kier alpha value is -3.58.